The normalized spacial score (nSPS) is 16.6. The van der Waals surface area contributed by atoms with Gasteiger partial charge in [-0.1, -0.05) is 66.0 Å². The van der Waals surface area contributed by atoms with Gasteiger partial charge < -0.3 is 5.11 Å². The lowest BCUT2D eigenvalue weighted by molar-refractivity contribution is -0.137. The van der Waals surface area contributed by atoms with E-state index in [1.807, 2.05) is 6.07 Å². The Morgan fingerprint density at radius 3 is 2.67 bits per heavy atom. The topological polar surface area (TPSA) is 66.3 Å². The van der Waals surface area contributed by atoms with Crippen molar-refractivity contribution in [2.24, 2.45) is 0 Å². The summed E-state index contributed by atoms with van der Waals surface area (Å²) in [6.45, 7) is 2.30. The van der Waals surface area contributed by atoms with Crippen LogP contribution in [0.2, 0.25) is 0 Å². The van der Waals surface area contributed by atoms with Crippen LogP contribution in [0.5, 0.6) is 0 Å². The number of nitrogens with zero attached hydrogens (tertiary/aromatic N) is 3. The molecule has 33 heavy (non-hydrogen) atoms. The fourth-order valence-corrected chi connectivity index (χ4v) is 5.60. The summed E-state index contributed by atoms with van der Waals surface area (Å²) < 4.78 is 0. The highest BCUT2D eigenvalue weighted by molar-refractivity contribution is 7.21. The van der Waals surface area contributed by atoms with Gasteiger partial charge in [-0.05, 0) is 41.3 Å². The highest BCUT2D eigenvalue weighted by Gasteiger charge is 2.39. The Morgan fingerprint density at radius 1 is 1.03 bits per heavy atom. The smallest absolute Gasteiger partial charge is 0.304 e. The summed E-state index contributed by atoms with van der Waals surface area (Å²) in [4.78, 5) is 23.9. The predicted molar refractivity (Wildman–Crippen MR) is 130 cm³/mol. The molecule has 5 nitrogen and oxygen atoms in total. The van der Waals surface area contributed by atoms with E-state index < -0.39 is 5.97 Å². The second-order valence-corrected chi connectivity index (χ2v) is 9.74. The molecule has 1 aliphatic carbocycles. The molecule has 0 saturated carbocycles. The van der Waals surface area contributed by atoms with Gasteiger partial charge in [0.2, 0.25) is 0 Å². The number of carbonyl (C=O) groups is 1. The molecule has 164 valence electrons. The second-order valence-electron chi connectivity index (χ2n) is 8.76. The minimum Gasteiger partial charge on any atom is -0.481 e. The van der Waals surface area contributed by atoms with E-state index in [1.165, 1.54) is 16.7 Å². The minimum atomic E-state index is -0.740. The molecule has 2 aromatic carbocycles. The van der Waals surface area contributed by atoms with Crippen molar-refractivity contribution >= 4 is 27.7 Å². The summed E-state index contributed by atoms with van der Waals surface area (Å²) in [5.41, 5.74) is 6.77. The highest BCUT2D eigenvalue weighted by Crippen LogP contribution is 2.45. The Bertz CT molecular complexity index is 1390. The van der Waals surface area contributed by atoms with Crippen LogP contribution in [0.1, 0.15) is 28.8 Å². The molecule has 4 aromatic rings. The van der Waals surface area contributed by atoms with Crippen molar-refractivity contribution in [2.45, 2.75) is 24.8 Å². The zero-order valence-corrected chi connectivity index (χ0v) is 18.9. The van der Waals surface area contributed by atoms with Gasteiger partial charge in [0.15, 0.2) is 0 Å². The number of hydrogen-bond donors (Lipinski definition) is 1. The average Bonchev–Trinajstić information content (AvgIpc) is 3.55. The molecule has 6 rings (SSSR count). The molecule has 0 amide bonds. The molecule has 1 aliphatic heterocycles. The molecule has 0 radical (unpaired) electrons. The molecule has 0 saturated heterocycles. The SMILES string of the molecule is O=C(O)CCN1CCc2cc(-c3nc4ccc(C5(c6ccccc6)C=C5)nc4s3)ccc2C1. The van der Waals surface area contributed by atoms with Crippen LogP contribution in [0.3, 0.4) is 0 Å². The first-order valence-electron chi connectivity index (χ1n) is 11.2. The van der Waals surface area contributed by atoms with Crippen molar-refractivity contribution in [3.05, 3.63) is 95.2 Å². The van der Waals surface area contributed by atoms with E-state index in [0.717, 1.165) is 46.1 Å². The van der Waals surface area contributed by atoms with Crippen LogP contribution in [-0.2, 0) is 23.2 Å². The number of allylic oxidation sites excluding steroid dienone is 2. The van der Waals surface area contributed by atoms with Gasteiger partial charge in [-0.25, -0.2) is 9.97 Å². The third-order valence-electron chi connectivity index (χ3n) is 6.62. The van der Waals surface area contributed by atoms with Crippen molar-refractivity contribution in [1.29, 1.82) is 0 Å². The fourth-order valence-electron chi connectivity index (χ4n) is 4.67. The van der Waals surface area contributed by atoms with E-state index in [4.69, 9.17) is 15.1 Å². The maximum absolute atomic E-state index is 10.9. The summed E-state index contributed by atoms with van der Waals surface area (Å²) in [5.74, 6) is -0.740. The molecule has 2 aliphatic rings. The van der Waals surface area contributed by atoms with Crippen LogP contribution < -0.4 is 0 Å². The summed E-state index contributed by atoms with van der Waals surface area (Å²) >= 11 is 1.64. The third-order valence-corrected chi connectivity index (χ3v) is 7.63. The largest absolute Gasteiger partial charge is 0.481 e. The predicted octanol–water partition coefficient (Wildman–Crippen LogP) is 5.05. The van der Waals surface area contributed by atoms with Crippen molar-refractivity contribution < 1.29 is 9.90 Å². The maximum Gasteiger partial charge on any atom is 0.304 e. The van der Waals surface area contributed by atoms with Crippen molar-refractivity contribution in [3.63, 3.8) is 0 Å². The van der Waals surface area contributed by atoms with Crippen LogP contribution in [0.15, 0.2) is 72.8 Å². The number of fused-ring (bicyclic) bond motifs is 2. The summed E-state index contributed by atoms with van der Waals surface area (Å²) in [6, 6.07) is 21.2. The molecule has 0 atom stereocenters. The third kappa shape index (κ3) is 3.75. The Balaban J connectivity index is 1.27. The summed E-state index contributed by atoms with van der Waals surface area (Å²) in [7, 11) is 0. The van der Waals surface area contributed by atoms with Crippen LogP contribution in [-0.4, -0.2) is 39.0 Å². The number of rotatable bonds is 6. The summed E-state index contributed by atoms with van der Waals surface area (Å²) in [6.07, 6.45) is 5.54. The van der Waals surface area contributed by atoms with Crippen LogP contribution >= 0.6 is 11.3 Å². The maximum atomic E-state index is 10.9. The quantitative estimate of drug-likeness (QED) is 0.414. The van der Waals surface area contributed by atoms with Crippen molar-refractivity contribution in [3.8, 4) is 10.6 Å². The molecule has 3 heterocycles. The first kappa shape index (κ1) is 20.3. The minimum absolute atomic E-state index is 0.183. The lowest BCUT2D eigenvalue weighted by atomic mass is 9.89. The first-order valence-corrected chi connectivity index (χ1v) is 12.0. The first-order chi connectivity index (χ1) is 16.1. The highest BCUT2D eigenvalue weighted by atomic mass is 32.1. The molecular formula is C27H23N3O2S. The molecule has 0 spiro atoms. The van der Waals surface area contributed by atoms with Gasteiger partial charge in [0.1, 0.15) is 15.4 Å². The molecule has 1 N–H and O–H groups in total. The van der Waals surface area contributed by atoms with Gasteiger partial charge >= 0.3 is 5.97 Å². The standard InChI is InChI=1S/C27H23N3O2S/c31-24(32)11-15-30-14-10-18-16-19(6-7-20(18)17-30)25-28-22-8-9-23(29-26(22)33-25)27(12-13-27)21-4-2-1-3-5-21/h1-9,12-13,16H,10-11,14-15,17H2,(H,31,32). The van der Waals surface area contributed by atoms with Gasteiger partial charge in [-0.2, -0.15) is 0 Å². The molecule has 0 unspecified atom stereocenters. The zero-order valence-electron chi connectivity index (χ0n) is 18.1. The molecule has 2 aromatic heterocycles. The monoisotopic (exact) mass is 453 g/mol. The lowest BCUT2D eigenvalue weighted by Gasteiger charge is -2.28. The Labute approximate surface area is 196 Å². The molecule has 6 heteroatoms. The van der Waals surface area contributed by atoms with Crippen molar-refractivity contribution in [2.75, 3.05) is 13.1 Å². The molecular weight excluding hydrogens is 430 g/mol. The lowest BCUT2D eigenvalue weighted by Crippen LogP contribution is -2.32. The number of benzene rings is 2. The second kappa shape index (κ2) is 7.90. The average molecular weight is 454 g/mol. The molecule has 0 fully saturated rings. The van der Waals surface area contributed by atoms with Crippen LogP contribution in [0.25, 0.3) is 20.9 Å². The van der Waals surface area contributed by atoms with Gasteiger partial charge in [0, 0.05) is 25.2 Å². The van der Waals surface area contributed by atoms with E-state index in [0.29, 0.717) is 6.54 Å². The number of pyridine rings is 1. The Kier molecular flexibility index (Phi) is 4.85. The number of aliphatic carboxylic acids is 1. The van der Waals surface area contributed by atoms with E-state index in [2.05, 4.69) is 71.6 Å². The number of aromatic nitrogens is 2. The Morgan fingerprint density at radius 2 is 1.88 bits per heavy atom. The van der Waals surface area contributed by atoms with Gasteiger partial charge in [-0.15, -0.1) is 0 Å². The summed E-state index contributed by atoms with van der Waals surface area (Å²) in [5, 5.41) is 9.93. The molecule has 0 bridgehead atoms. The van der Waals surface area contributed by atoms with Crippen LogP contribution in [0.4, 0.5) is 0 Å². The number of hydrogen-bond acceptors (Lipinski definition) is 5. The number of thiazole rings is 1. The van der Waals surface area contributed by atoms with Gasteiger partial charge in [0.05, 0.1) is 17.5 Å². The Hall–Kier alpha value is -3.35. The van der Waals surface area contributed by atoms with E-state index >= 15 is 0 Å². The van der Waals surface area contributed by atoms with E-state index in [9.17, 15) is 4.79 Å². The van der Waals surface area contributed by atoms with E-state index in [1.54, 1.807) is 11.3 Å². The zero-order chi connectivity index (χ0) is 22.4. The van der Waals surface area contributed by atoms with E-state index in [-0.39, 0.29) is 11.8 Å². The van der Waals surface area contributed by atoms with Gasteiger partial charge in [0.25, 0.3) is 0 Å². The fraction of sp³-hybridized carbons (Fsp3) is 0.222. The number of carboxylic acid groups (broad SMARTS) is 1. The van der Waals surface area contributed by atoms with Crippen molar-refractivity contribution in [1.82, 2.24) is 14.9 Å². The number of carboxylic acids is 1. The van der Waals surface area contributed by atoms with Crippen LogP contribution in [0, 0.1) is 0 Å². The van der Waals surface area contributed by atoms with Gasteiger partial charge in [-0.3, -0.25) is 9.69 Å².